The van der Waals surface area contributed by atoms with E-state index in [1.165, 1.54) is 0 Å². The third-order valence-electron chi connectivity index (χ3n) is 2.20. The van der Waals surface area contributed by atoms with Gasteiger partial charge in [-0.3, -0.25) is 0 Å². The maximum absolute atomic E-state index is 8.52. The summed E-state index contributed by atoms with van der Waals surface area (Å²) < 4.78 is 5.34. The van der Waals surface area contributed by atoms with Crippen molar-refractivity contribution in [1.29, 1.82) is 5.26 Å². The highest BCUT2D eigenvalue weighted by molar-refractivity contribution is 6.32. The Kier molecular flexibility index (Phi) is 5.82. The first-order valence-electron chi connectivity index (χ1n) is 5.63. The van der Waals surface area contributed by atoms with Gasteiger partial charge in [-0.1, -0.05) is 37.6 Å². The van der Waals surface area contributed by atoms with Gasteiger partial charge in [0.05, 0.1) is 5.02 Å². The van der Waals surface area contributed by atoms with E-state index in [1.807, 2.05) is 18.2 Å². The molecule has 1 N–H and O–H groups in total. The van der Waals surface area contributed by atoms with Crippen molar-refractivity contribution in [2.24, 2.45) is 5.92 Å². The van der Waals surface area contributed by atoms with Gasteiger partial charge in [-0.15, -0.1) is 0 Å². The first-order chi connectivity index (χ1) is 8.15. The molecule has 1 aromatic carbocycles. The number of benzene rings is 1. The molecule has 3 nitrogen and oxygen atoms in total. The minimum atomic E-state index is 0.0148. The SMILES string of the molecule is CC(C)CNCc1cccc(Cl)c1OCC#N. The molecule has 0 saturated heterocycles. The number of nitrogens with zero attached hydrogens (tertiary/aromatic N) is 1. The molecule has 0 aliphatic rings. The lowest BCUT2D eigenvalue weighted by atomic mass is 10.2. The monoisotopic (exact) mass is 252 g/mol. The molecule has 0 aliphatic heterocycles. The Hall–Kier alpha value is -1.24. The van der Waals surface area contributed by atoms with Crippen molar-refractivity contribution in [2.45, 2.75) is 20.4 Å². The van der Waals surface area contributed by atoms with Gasteiger partial charge in [0.15, 0.2) is 6.61 Å². The fourth-order valence-electron chi connectivity index (χ4n) is 1.45. The van der Waals surface area contributed by atoms with E-state index in [0.29, 0.717) is 23.2 Å². The lowest BCUT2D eigenvalue weighted by Gasteiger charge is -2.12. The van der Waals surface area contributed by atoms with Gasteiger partial charge in [-0.25, -0.2) is 0 Å². The van der Waals surface area contributed by atoms with Crippen molar-refractivity contribution in [1.82, 2.24) is 5.32 Å². The van der Waals surface area contributed by atoms with Gasteiger partial charge < -0.3 is 10.1 Å². The van der Waals surface area contributed by atoms with Crippen molar-refractivity contribution in [3.8, 4) is 11.8 Å². The molecule has 0 radical (unpaired) electrons. The second-order valence-corrected chi connectivity index (χ2v) is 4.61. The molecule has 0 aliphatic carbocycles. The highest BCUT2D eigenvalue weighted by atomic mass is 35.5. The van der Waals surface area contributed by atoms with Crippen LogP contribution in [0.5, 0.6) is 5.75 Å². The van der Waals surface area contributed by atoms with Crippen molar-refractivity contribution in [3.63, 3.8) is 0 Å². The van der Waals surface area contributed by atoms with E-state index in [0.717, 1.165) is 12.1 Å². The summed E-state index contributed by atoms with van der Waals surface area (Å²) in [6.07, 6.45) is 0. The molecule has 0 spiro atoms. The molecular weight excluding hydrogens is 236 g/mol. The summed E-state index contributed by atoms with van der Waals surface area (Å²) in [5.74, 6) is 1.20. The summed E-state index contributed by atoms with van der Waals surface area (Å²) in [6.45, 7) is 5.95. The van der Waals surface area contributed by atoms with Crippen LogP contribution in [0.4, 0.5) is 0 Å². The molecule has 0 atom stereocenters. The number of rotatable bonds is 6. The first-order valence-corrected chi connectivity index (χ1v) is 6.00. The van der Waals surface area contributed by atoms with E-state index in [1.54, 1.807) is 6.07 Å². The van der Waals surface area contributed by atoms with Gasteiger partial charge in [0.2, 0.25) is 0 Å². The zero-order valence-electron chi connectivity index (χ0n) is 10.2. The lowest BCUT2D eigenvalue weighted by Crippen LogP contribution is -2.19. The van der Waals surface area contributed by atoms with Crippen LogP contribution in [-0.2, 0) is 6.54 Å². The van der Waals surface area contributed by atoms with Crippen molar-refractivity contribution < 1.29 is 4.74 Å². The molecule has 0 aromatic heterocycles. The van der Waals surface area contributed by atoms with Crippen molar-refractivity contribution >= 4 is 11.6 Å². The average Bonchev–Trinajstić information content (AvgIpc) is 2.28. The molecule has 0 heterocycles. The van der Waals surface area contributed by atoms with Crippen LogP contribution in [0.3, 0.4) is 0 Å². The number of hydrogen-bond donors (Lipinski definition) is 1. The van der Waals surface area contributed by atoms with Crippen LogP contribution in [0.15, 0.2) is 18.2 Å². The highest BCUT2D eigenvalue weighted by Crippen LogP contribution is 2.28. The summed E-state index contributed by atoms with van der Waals surface area (Å²) in [7, 11) is 0. The van der Waals surface area contributed by atoms with Crippen LogP contribution in [-0.4, -0.2) is 13.2 Å². The standard InChI is InChI=1S/C13H17ClN2O/c1-10(2)8-16-9-11-4-3-5-12(14)13(11)17-7-6-15/h3-5,10,16H,7-9H2,1-2H3. The molecule has 1 aromatic rings. The van der Waals surface area contributed by atoms with Gasteiger partial charge >= 0.3 is 0 Å². The van der Waals surface area contributed by atoms with Gasteiger partial charge in [0.25, 0.3) is 0 Å². The summed E-state index contributed by atoms with van der Waals surface area (Å²) in [4.78, 5) is 0. The third kappa shape index (κ3) is 4.64. The van der Waals surface area contributed by atoms with Crippen LogP contribution in [0, 0.1) is 17.2 Å². The number of hydrogen-bond acceptors (Lipinski definition) is 3. The lowest BCUT2D eigenvalue weighted by molar-refractivity contribution is 0.362. The maximum Gasteiger partial charge on any atom is 0.174 e. The first kappa shape index (κ1) is 13.8. The van der Waals surface area contributed by atoms with Crippen LogP contribution in [0.2, 0.25) is 5.02 Å². The Bertz CT molecular complexity index is 399. The molecule has 0 amide bonds. The second kappa shape index (κ2) is 7.16. The van der Waals surface area contributed by atoms with Crippen LogP contribution in [0.25, 0.3) is 0 Å². The van der Waals surface area contributed by atoms with Crippen LogP contribution >= 0.6 is 11.6 Å². The summed E-state index contributed by atoms with van der Waals surface area (Å²) in [6, 6.07) is 7.54. The van der Waals surface area contributed by atoms with Gasteiger partial charge in [-0.05, 0) is 18.5 Å². The van der Waals surface area contributed by atoms with Gasteiger partial charge in [0, 0.05) is 12.1 Å². The normalized spacial score (nSPS) is 10.3. The molecule has 92 valence electrons. The van der Waals surface area contributed by atoms with Gasteiger partial charge in [0.1, 0.15) is 11.8 Å². The maximum atomic E-state index is 8.52. The Labute approximate surface area is 107 Å². The fourth-order valence-corrected chi connectivity index (χ4v) is 1.70. The quantitative estimate of drug-likeness (QED) is 0.847. The Morgan fingerprint density at radius 1 is 1.47 bits per heavy atom. The van der Waals surface area contributed by atoms with E-state index in [-0.39, 0.29) is 6.61 Å². The topological polar surface area (TPSA) is 45.0 Å². The molecule has 17 heavy (non-hydrogen) atoms. The zero-order chi connectivity index (χ0) is 12.7. The third-order valence-corrected chi connectivity index (χ3v) is 2.50. The summed E-state index contributed by atoms with van der Waals surface area (Å²) >= 11 is 6.04. The van der Waals surface area contributed by atoms with E-state index < -0.39 is 0 Å². The van der Waals surface area contributed by atoms with Gasteiger partial charge in [-0.2, -0.15) is 5.26 Å². The van der Waals surface area contributed by atoms with Crippen LogP contribution < -0.4 is 10.1 Å². The molecule has 1 rings (SSSR count). The minimum Gasteiger partial charge on any atom is -0.477 e. The number of nitriles is 1. The van der Waals surface area contributed by atoms with Crippen molar-refractivity contribution in [3.05, 3.63) is 28.8 Å². The van der Waals surface area contributed by atoms with Crippen LogP contribution in [0.1, 0.15) is 19.4 Å². The largest absolute Gasteiger partial charge is 0.477 e. The number of halogens is 1. The Morgan fingerprint density at radius 2 is 2.24 bits per heavy atom. The van der Waals surface area contributed by atoms with E-state index in [2.05, 4.69) is 19.2 Å². The minimum absolute atomic E-state index is 0.0148. The molecule has 0 unspecified atom stereocenters. The summed E-state index contributed by atoms with van der Waals surface area (Å²) in [5.41, 5.74) is 0.980. The molecule has 0 fully saturated rings. The Balaban J connectivity index is 2.69. The molecule has 0 bridgehead atoms. The number of ether oxygens (including phenoxy) is 1. The average molecular weight is 253 g/mol. The smallest absolute Gasteiger partial charge is 0.174 e. The Morgan fingerprint density at radius 3 is 2.88 bits per heavy atom. The second-order valence-electron chi connectivity index (χ2n) is 4.20. The fraction of sp³-hybridized carbons (Fsp3) is 0.462. The number of nitrogens with one attached hydrogen (secondary N) is 1. The zero-order valence-corrected chi connectivity index (χ0v) is 10.9. The van der Waals surface area contributed by atoms with E-state index in [9.17, 15) is 0 Å². The number of para-hydroxylation sites is 1. The summed E-state index contributed by atoms with van der Waals surface area (Å²) in [5, 5.41) is 12.4. The van der Waals surface area contributed by atoms with Crippen molar-refractivity contribution in [2.75, 3.05) is 13.2 Å². The predicted molar refractivity (Wildman–Crippen MR) is 69.1 cm³/mol. The predicted octanol–water partition coefficient (Wildman–Crippen LogP) is 2.99. The van der Waals surface area contributed by atoms with E-state index in [4.69, 9.17) is 21.6 Å². The highest BCUT2D eigenvalue weighted by Gasteiger charge is 2.08. The molecule has 4 heteroatoms. The van der Waals surface area contributed by atoms with E-state index >= 15 is 0 Å². The molecular formula is C13H17ClN2O. The molecule has 0 saturated carbocycles.